The maximum absolute atomic E-state index is 5.14. The van der Waals surface area contributed by atoms with Crippen molar-refractivity contribution in [3.8, 4) is 0 Å². The molecule has 0 aliphatic heterocycles. The normalized spacial score (nSPS) is 14.8. The van der Waals surface area contributed by atoms with Crippen LogP contribution in [0.5, 0.6) is 0 Å². The van der Waals surface area contributed by atoms with Crippen molar-refractivity contribution in [2.24, 2.45) is 0 Å². The number of halogens is 1. The molecule has 1 aliphatic rings. The average Bonchev–Trinajstić information content (AvgIpc) is 3.10. The highest BCUT2D eigenvalue weighted by molar-refractivity contribution is 9.10. The maximum atomic E-state index is 5.14. The van der Waals surface area contributed by atoms with Crippen LogP contribution >= 0.6 is 15.9 Å². The molecule has 1 saturated carbocycles. The molecule has 3 rings (SSSR count). The smallest absolute Gasteiger partial charge is 0.156 e. The van der Waals surface area contributed by atoms with Gasteiger partial charge in [-0.1, -0.05) is 5.16 Å². The standard InChI is InChI=1S/C12H13BrN4O/c1-7-4-9(18-17-7)6-14-11-5-10(13)15-12(16-11)8-2-3-8/h4-5,8H,2-3,6H2,1H3,(H,14,15,16). The van der Waals surface area contributed by atoms with Crippen LogP contribution in [0.3, 0.4) is 0 Å². The van der Waals surface area contributed by atoms with Crippen molar-refractivity contribution in [3.05, 3.63) is 34.0 Å². The molecule has 2 aromatic rings. The van der Waals surface area contributed by atoms with Crippen LogP contribution in [0.15, 0.2) is 21.3 Å². The van der Waals surface area contributed by atoms with Gasteiger partial charge < -0.3 is 9.84 Å². The van der Waals surface area contributed by atoms with E-state index in [2.05, 4.69) is 36.4 Å². The molecule has 0 amide bonds. The SMILES string of the molecule is Cc1cc(CNc2cc(Br)nc(C3CC3)n2)on1. The molecule has 0 saturated heterocycles. The zero-order chi connectivity index (χ0) is 12.5. The first-order valence-electron chi connectivity index (χ1n) is 5.91. The van der Waals surface area contributed by atoms with Crippen LogP contribution in [0.4, 0.5) is 5.82 Å². The van der Waals surface area contributed by atoms with Gasteiger partial charge in [0.05, 0.1) is 12.2 Å². The van der Waals surface area contributed by atoms with Gasteiger partial charge in [-0.25, -0.2) is 9.97 Å². The minimum atomic E-state index is 0.538. The Morgan fingerprint density at radius 2 is 2.22 bits per heavy atom. The highest BCUT2D eigenvalue weighted by Crippen LogP contribution is 2.38. The molecule has 0 aromatic carbocycles. The zero-order valence-corrected chi connectivity index (χ0v) is 11.6. The first-order valence-corrected chi connectivity index (χ1v) is 6.70. The summed E-state index contributed by atoms with van der Waals surface area (Å²) in [5, 5.41) is 7.07. The van der Waals surface area contributed by atoms with E-state index in [9.17, 15) is 0 Å². The van der Waals surface area contributed by atoms with Crippen molar-refractivity contribution in [1.82, 2.24) is 15.1 Å². The third-order valence-electron chi connectivity index (χ3n) is 2.78. The van der Waals surface area contributed by atoms with E-state index in [-0.39, 0.29) is 0 Å². The second kappa shape index (κ2) is 4.68. The summed E-state index contributed by atoms with van der Waals surface area (Å²) >= 11 is 3.41. The molecule has 0 atom stereocenters. The molecule has 1 N–H and O–H groups in total. The molecular formula is C12H13BrN4O. The second-order valence-electron chi connectivity index (χ2n) is 4.50. The average molecular weight is 309 g/mol. The Bertz CT molecular complexity index is 565. The number of aryl methyl sites for hydroxylation is 1. The summed E-state index contributed by atoms with van der Waals surface area (Å²) in [4.78, 5) is 8.89. The Kier molecular flexibility index (Phi) is 3.03. The van der Waals surface area contributed by atoms with Crippen LogP contribution in [-0.2, 0) is 6.54 Å². The Hall–Kier alpha value is -1.43. The molecule has 18 heavy (non-hydrogen) atoms. The lowest BCUT2D eigenvalue weighted by atomic mass is 10.3. The van der Waals surface area contributed by atoms with Crippen molar-refractivity contribution in [3.63, 3.8) is 0 Å². The van der Waals surface area contributed by atoms with E-state index in [0.717, 1.165) is 27.7 Å². The fourth-order valence-corrected chi connectivity index (χ4v) is 2.13. The minimum absolute atomic E-state index is 0.538. The molecule has 94 valence electrons. The largest absolute Gasteiger partial charge is 0.363 e. The molecule has 0 bridgehead atoms. The number of nitrogens with one attached hydrogen (secondary N) is 1. The van der Waals surface area contributed by atoms with Crippen molar-refractivity contribution >= 4 is 21.7 Å². The molecule has 2 aromatic heterocycles. The highest BCUT2D eigenvalue weighted by atomic mass is 79.9. The van der Waals surface area contributed by atoms with Crippen molar-refractivity contribution < 1.29 is 4.52 Å². The van der Waals surface area contributed by atoms with Gasteiger partial charge in [0.15, 0.2) is 5.76 Å². The lowest BCUT2D eigenvalue weighted by Gasteiger charge is -2.05. The minimum Gasteiger partial charge on any atom is -0.363 e. The molecule has 0 radical (unpaired) electrons. The van der Waals surface area contributed by atoms with E-state index in [1.807, 2.05) is 19.1 Å². The molecule has 6 heteroatoms. The van der Waals surface area contributed by atoms with Gasteiger partial charge in [-0.2, -0.15) is 0 Å². The summed E-state index contributed by atoms with van der Waals surface area (Å²) in [7, 11) is 0. The fourth-order valence-electron chi connectivity index (χ4n) is 1.73. The molecule has 5 nitrogen and oxygen atoms in total. The Labute approximate surface area is 113 Å². The maximum Gasteiger partial charge on any atom is 0.156 e. The molecule has 2 heterocycles. The fraction of sp³-hybridized carbons (Fsp3) is 0.417. The van der Waals surface area contributed by atoms with Crippen LogP contribution in [0.25, 0.3) is 0 Å². The number of anilines is 1. The lowest BCUT2D eigenvalue weighted by molar-refractivity contribution is 0.384. The van der Waals surface area contributed by atoms with E-state index >= 15 is 0 Å². The van der Waals surface area contributed by atoms with Gasteiger partial charge >= 0.3 is 0 Å². The quantitative estimate of drug-likeness (QED) is 0.880. The first-order chi connectivity index (χ1) is 8.70. The van der Waals surface area contributed by atoms with Crippen molar-refractivity contribution in [1.29, 1.82) is 0 Å². The van der Waals surface area contributed by atoms with E-state index in [1.165, 1.54) is 12.8 Å². The highest BCUT2D eigenvalue weighted by Gasteiger charge is 2.27. The summed E-state index contributed by atoms with van der Waals surface area (Å²) < 4.78 is 5.95. The summed E-state index contributed by atoms with van der Waals surface area (Å²) in [5.74, 6) is 3.07. The predicted molar refractivity (Wildman–Crippen MR) is 70.3 cm³/mol. The number of nitrogens with zero attached hydrogens (tertiary/aromatic N) is 3. The summed E-state index contributed by atoms with van der Waals surface area (Å²) in [6, 6.07) is 3.78. The van der Waals surface area contributed by atoms with Gasteiger partial charge in [0.25, 0.3) is 0 Å². The Balaban J connectivity index is 1.71. The van der Waals surface area contributed by atoms with Crippen LogP contribution < -0.4 is 5.32 Å². The molecule has 0 unspecified atom stereocenters. The number of hydrogen-bond acceptors (Lipinski definition) is 5. The topological polar surface area (TPSA) is 63.8 Å². The van der Waals surface area contributed by atoms with Gasteiger partial charge in [-0.15, -0.1) is 0 Å². The Morgan fingerprint density at radius 1 is 1.39 bits per heavy atom. The van der Waals surface area contributed by atoms with E-state index < -0.39 is 0 Å². The molecular weight excluding hydrogens is 296 g/mol. The number of hydrogen-bond donors (Lipinski definition) is 1. The first kappa shape index (κ1) is 11.6. The molecule has 0 spiro atoms. The monoisotopic (exact) mass is 308 g/mol. The van der Waals surface area contributed by atoms with E-state index in [1.54, 1.807) is 0 Å². The summed E-state index contributed by atoms with van der Waals surface area (Å²) in [6.07, 6.45) is 2.38. The second-order valence-corrected chi connectivity index (χ2v) is 5.31. The van der Waals surface area contributed by atoms with Gasteiger partial charge in [0.2, 0.25) is 0 Å². The third-order valence-corrected chi connectivity index (χ3v) is 3.18. The summed E-state index contributed by atoms with van der Waals surface area (Å²) in [5.41, 5.74) is 0.884. The molecule has 1 fully saturated rings. The van der Waals surface area contributed by atoms with Gasteiger partial charge in [0, 0.05) is 18.1 Å². The lowest BCUT2D eigenvalue weighted by Crippen LogP contribution is -2.03. The van der Waals surface area contributed by atoms with Crippen LogP contribution in [-0.4, -0.2) is 15.1 Å². The van der Waals surface area contributed by atoms with Crippen LogP contribution in [0.1, 0.15) is 36.0 Å². The predicted octanol–water partition coefficient (Wildman–Crippen LogP) is 3.03. The number of aromatic nitrogens is 3. The number of rotatable bonds is 4. The van der Waals surface area contributed by atoms with Gasteiger partial charge in [-0.05, 0) is 35.7 Å². The Morgan fingerprint density at radius 3 is 2.89 bits per heavy atom. The van der Waals surface area contributed by atoms with Crippen LogP contribution in [0, 0.1) is 6.92 Å². The van der Waals surface area contributed by atoms with Crippen LogP contribution in [0.2, 0.25) is 0 Å². The van der Waals surface area contributed by atoms with E-state index in [4.69, 9.17) is 4.52 Å². The van der Waals surface area contributed by atoms with E-state index in [0.29, 0.717) is 12.5 Å². The molecule has 1 aliphatic carbocycles. The van der Waals surface area contributed by atoms with Gasteiger partial charge in [0.1, 0.15) is 16.2 Å². The third kappa shape index (κ3) is 2.69. The zero-order valence-electron chi connectivity index (χ0n) is 9.98. The summed E-state index contributed by atoms with van der Waals surface area (Å²) in [6.45, 7) is 2.48. The van der Waals surface area contributed by atoms with Gasteiger partial charge in [-0.3, -0.25) is 0 Å². The van der Waals surface area contributed by atoms with Crippen molar-refractivity contribution in [2.75, 3.05) is 5.32 Å². The van der Waals surface area contributed by atoms with Crippen molar-refractivity contribution in [2.45, 2.75) is 32.2 Å².